The van der Waals surface area contributed by atoms with E-state index in [2.05, 4.69) is 29.3 Å². The summed E-state index contributed by atoms with van der Waals surface area (Å²) in [7, 11) is 2.08. The first kappa shape index (κ1) is 7.84. The normalized spacial score (nSPS) is 34.6. The van der Waals surface area contributed by atoms with E-state index in [1.54, 1.807) is 0 Å². The maximum atomic E-state index is 4.27. The topological polar surface area (TPSA) is 15.6 Å². The summed E-state index contributed by atoms with van der Waals surface area (Å²) in [4.78, 5) is 0. The molecule has 1 aliphatic heterocycles. The number of hydrazone groups is 1. The van der Waals surface area contributed by atoms with Crippen molar-refractivity contribution in [3.63, 3.8) is 0 Å². The molecule has 66 valence electrons. The molecule has 0 bridgehead atoms. The van der Waals surface area contributed by atoms with Crippen LogP contribution in [0.25, 0.3) is 0 Å². The van der Waals surface area contributed by atoms with Gasteiger partial charge in [-0.15, -0.1) is 0 Å². The Morgan fingerprint density at radius 1 is 1.50 bits per heavy atom. The molecule has 0 saturated carbocycles. The smallest absolute Gasteiger partial charge is 0.0579 e. The third kappa shape index (κ3) is 1.38. The highest BCUT2D eigenvalue weighted by Crippen LogP contribution is 2.26. The van der Waals surface area contributed by atoms with Gasteiger partial charge in [0.1, 0.15) is 0 Å². The Balaban J connectivity index is 1.99. The molecule has 2 atom stereocenters. The Labute approximate surface area is 73.9 Å². The van der Waals surface area contributed by atoms with Crippen LogP contribution in [0.3, 0.4) is 0 Å². The molecule has 0 N–H and O–H groups in total. The lowest BCUT2D eigenvalue weighted by Gasteiger charge is -2.27. The zero-order valence-corrected chi connectivity index (χ0v) is 7.61. The van der Waals surface area contributed by atoms with E-state index in [1.165, 1.54) is 19.3 Å². The minimum Gasteiger partial charge on any atom is -0.296 e. The average Bonchev–Trinajstić information content (AvgIpc) is 2.53. The van der Waals surface area contributed by atoms with Gasteiger partial charge in [-0.2, -0.15) is 5.10 Å². The van der Waals surface area contributed by atoms with Crippen molar-refractivity contribution in [1.29, 1.82) is 0 Å². The van der Waals surface area contributed by atoms with Crippen LogP contribution < -0.4 is 0 Å². The first-order chi connectivity index (χ1) is 5.88. The van der Waals surface area contributed by atoms with Crippen LogP contribution in [0, 0.1) is 5.92 Å². The molecule has 2 rings (SSSR count). The van der Waals surface area contributed by atoms with Gasteiger partial charge in [-0.05, 0) is 25.2 Å². The molecule has 0 aromatic heterocycles. The van der Waals surface area contributed by atoms with Crippen LogP contribution in [0.4, 0.5) is 0 Å². The van der Waals surface area contributed by atoms with Crippen molar-refractivity contribution in [2.75, 3.05) is 7.05 Å². The molecular weight excluding hydrogens is 148 g/mol. The molecule has 2 nitrogen and oxygen atoms in total. The first-order valence-electron chi connectivity index (χ1n) is 4.80. The largest absolute Gasteiger partial charge is 0.296 e. The van der Waals surface area contributed by atoms with Crippen molar-refractivity contribution in [2.24, 2.45) is 11.0 Å². The highest BCUT2D eigenvalue weighted by atomic mass is 15.5. The van der Waals surface area contributed by atoms with Crippen molar-refractivity contribution < 1.29 is 0 Å². The van der Waals surface area contributed by atoms with E-state index >= 15 is 0 Å². The third-order valence-electron chi connectivity index (χ3n) is 2.88. The van der Waals surface area contributed by atoms with E-state index < -0.39 is 0 Å². The Morgan fingerprint density at radius 3 is 3.00 bits per heavy atom. The second-order valence-electron chi connectivity index (χ2n) is 3.70. The summed E-state index contributed by atoms with van der Waals surface area (Å²) in [5.41, 5.74) is 0. The SMILES string of the molecule is CN1N=CCC1C1C=CCCC1. The van der Waals surface area contributed by atoms with Crippen LogP contribution in [-0.2, 0) is 0 Å². The van der Waals surface area contributed by atoms with Gasteiger partial charge in [0.25, 0.3) is 0 Å². The van der Waals surface area contributed by atoms with E-state index in [-0.39, 0.29) is 0 Å². The Kier molecular flexibility index (Phi) is 2.15. The fraction of sp³-hybridized carbons (Fsp3) is 0.700. The molecular formula is C10H16N2. The zero-order chi connectivity index (χ0) is 8.39. The maximum absolute atomic E-state index is 4.27. The third-order valence-corrected chi connectivity index (χ3v) is 2.88. The van der Waals surface area contributed by atoms with Gasteiger partial charge in [0.15, 0.2) is 0 Å². The molecule has 2 aliphatic rings. The van der Waals surface area contributed by atoms with Crippen molar-refractivity contribution in [1.82, 2.24) is 5.01 Å². The van der Waals surface area contributed by atoms with Crippen molar-refractivity contribution in [3.05, 3.63) is 12.2 Å². The van der Waals surface area contributed by atoms with E-state index in [0.29, 0.717) is 6.04 Å². The summed E-state index contributed by atoms with van der Waals surface area (Å²) in [5.74, 6) is 0.742. The van der Waals surface area contributed by atoms with Crippen LogP contribution in [-0.4, -0.2) is 24.3 Å². The lowest BCUT2D eigenvalue weighted by molar-refractivity contribution is 0.221. The predicted octanol–water partition coefficient (Wildman–Crippen LogP) is 2.03. The molecule has 2 heteroatoms. The standard InChI is InChI=1S/C10H16N2/c1-12-10(7-8-11-12)9-5-3-2-4-6-9/h3,5,8-10H,2,4,6-7H2,1H3. The van der Waals surface area contributed by atoms with Crippen LogP contribution in [0.2, 0.25) is 0 Å². The summed E-state index contributed by atoms with van der Waals surface area (Å²) in [6.45, 7) is 0. The molecule has 0 aromatic carbocycles. The van der Waals surface area contributed by atoms with Gasteiger partial charge in [-0.1, -0.05) is 12.2 Å². The molecule has 0 radical (unpaired) electrons. The van der Waals surface area contributed by atoms with Crippen molar-refractivity contribution >= 4 is 6.21 Å². The van der Waals surface area contributed by atoms with Gasteiger partial charge < -0.3 is 0 Å². The molecule has 0 fully saturated rings. The van der Waals surface area contributed by atoms with Crippen LogP contribution in [0.15, 0.2) is 17.3 Å². The number of hydrogen-bond donors (Lipinski definition) is 0. The summed E-state index contributed by atoms with van der Waals surface area (Å²) in [5, 5.41) is 6.38. The van der Waals surface area contributed by atoms with Crippen LogP contribution >= 0.6 is 0 Å². The lowest BCUT2D eigenvalue weighted by Crippen LogP contribution is -2.30. The fourth-order valence-corrected chi connectivity index (χ4v) is 2.13. The Hall–Kier alpha value is -0.790. The van der Waals surface area contributed by atoms with Gasteiger partial charge in [0.05, 0.1) is 6.04 Å². The second-order valence-corrected chi connectivity index (χ2v) is 3.70. The highest BCUT2D eigenvalue weighted by molar-refractivity contribution is 5.60. The second kappa shape index (κ2) is 3.30. The summed E-state index contributed by atoms with van der Waals surface area (Å²) in [6, 6.07) is 0.640. The summed E-state index contributed by atoms with van der Waals surface area (Å²) in [6.07, 6.45) is 11.8. The molecule has 1 heterocycles. The zero-order valence-electron chi connectivity index (χ0n) is 7.61. The van der Waals surface area contributed by atoms with Crippen molar-refractivity contribution in [2.45, 2.75) is 31.7 Å². The van der Waals surface area contributed by atoms with Gasteiger partial charge in [0.2, 0.25) is 0 Å². The number of allylic oxidation sites excluding steroid dienone is 1. The molecule has 0 saturated heterocycles. The minimum absolute atomic E-state index is 0.640. The Bertz CT molecular complexity index is 208. The van der Waals surface area contributed by atoms with Crippen LogP contribution in [0.5, 0.6) is 0 Å². The average molecular weight is 164 g/mol. The molecule has 12 heavy (non-hydrogen) atoms. The molecule has 0 spiro atoms. The van der Waals surface area contributed by atoms with Crippen molar-refractivity contribution in [3.8, 4) is 0 Å². The minimum atomic E-state index is 0.640. The quantitative estimate of drug-likeness (QED) is 0.541. The van der Waals surface area contributed by atoms with E-state index in [9.17, 15) is 0 Å². The fourth-order valence-electron chi connectivity index (χ4n) is 2.13. The summed E-state index contributed by atoms with van der Waals surface area (Å²) >= 11 is 0. The van der Waals surface area contributed by atoms with Gasteiger partial charge >= 0.3 is 0 Å². The molecule has 0 aromatic rings. The first-order valence-corrected chi connectivity index (χ1v) is 4.80. The van der Waals surface area contributed by atoms with Gasteiger partial charge in [-0.3, -0.25) is 5.01 Å². The number of nitrogens with zero attached hydrogens (tertiary/aromatic N) is 2. The van der Waals surface area contributed by atoms with E-state index in [4.69, 9.17) is 0 Å². The number of hydrogen-bond acceptors (Lipinski definition) is 2. The van der Waals surface area contributed by atoms with Gasteiger partial charge in [0, 0.05) is 19.7 Å². The van der Waals surface area contributed by atoms with Gasteiger partial charge in [-0.25, -0.2) is 0 Å². The molecule has 0 amide bonds. The van der Waals surface area contributed by atoms with Crippen LogP contribution in [0.1, 0.15) is 25.7 Å². The lowest BCUT2D eigenvalue weighted by atomic mass is 9.88. The Morgan fingerprint density at radius 2 is 2.42 bits per heavy atom. The number of rotatable bonds is 1. The molecule has 1 aliphatic carbocycles. The summed E-state index contributed by atoms with van der Waals surface area (Å²) < 4.78 is 0. The van der Waals surface area contributed by atoms with E-state index in [1.807, 2.05) is 6.21 Å². The van der Waals surface area contributed by atoms with E-state index in [0.717, 1.165) is 12.3 Å². The highest BCUT2D eigenvalue weighted by Gasteiger charge is 2.25. The molecule has 2 unspecified atom stereocenters. The maximum Gasteiger partial charge on any atom is 0.0579 e. The predicted molar refractivity (Wildman–Crippen MR) is 51.1 cm³/mol. The monoisotopic (exact) mass is 164 g/mol.